The Bertz CT molecular complexity index is 697. The Balaban J connectivity index is 1.91. The highest BCUT2D eigenvalue weighted by Crippen LogP contribution is 2.20. The Hall–Kier alpha value is -2.53. The molecule has 0 saturated carbocycles. The Labute approximate surface area is 155 Å². The molecule has 0 saturated heterocycles. The van der Waals surface area contributed by atoms with Crippen LogP contribution in [0.1, 0.15) is 26.3 Å². The van der Waals surface area contributed by atoms with Gasteiger partial charge >= 0.3 is 0 Å². The first kappa shape index (κ1) is 19.8. The third-order valence-electron chi connectivity index (χ3n) is 4.25. The summed E-state index contributed by atoms with van der Waals surface area (Å²) in [6.07, 6.45) is -0.613. The van der Waals surface area contributed by atoms with Crippen LogP contribution in [0.3, 0.4) is 0 Å². The fraction of sp³-hybridized carbons (Fsp3) is 0.381. The van der Waals surface area contributed by atoms with Crippen LogP contribution < -0.4 is 14.8 Å². The lowest BCUT2D eigenvalue weighted by atomic mass is 10.2. The quantitative estimate of drug-likeness (QED) is 0.739. The summed E-state index contributed by atoms with van der Waals surface area (Å²) < 4.78 is 10.9. The molecule has 1 unspecified atom stereocenters. The molecule has 140 valence electrons. The SMILES string of the molecule is CCN(CC)Cc1ccc(NC(=O)C(C)Oc2cccc(OC)c2)cc1. The number of amides is 1. The predicted octanol–water partition coefficient (Wildman–Crippen LogP) is 3.94. The van der Waals surface area contributed by atoms with E-state index in [9.17, 15) is 4.79 Å². The molecule has 2 aromatic rings. The van der Waals surface area contributed by atoms with Crippen molar-refractivity contribution in [2.75, 3.05) is 25.5 Å². The standard InChI is InChI=1S/C21H28N2O3/c1-5-23(6-2)15-17-10-12-18(13-11-17)22-21(24)16(3)26-20-9-7-8-19(14-20)25-4/h7-14,16H,5-6,15H2,1-4H3,(H,22,24). The average Bonchev–Trinajstić information content (AvgIpc) is 2.67. The zero-order valence-electron chi connectivity index (χ0n) is 16.0. The van der Waals surface area contributed by atoms with E-state index in [2.05, 4.69) is 24.1 Å². The number of nitrogens with one attached hydrogen (secondary N) is 1. The van der Waals surface area contributed by atoms with Crippen LogP contribution in [0.15, 0.2) is 48.5 Å². The van der Waals surface area contributed by atoms with Crippen LogP contribution in [0.25, 0.3) is 0 Å². The van der Waals surface area contributed by atoms with Gasteiger partial charge in [-0.05, 0) is 49.8 Å². The number of hydrogen-bond acceptors (Lipinski definition) is 4. The third-order valence-corrected chi connectivity index (χ3v) is 4.25. The molecule has 0 aliphatic rings. The third kappa shape index (κ3) is 5.77. The molecule has 0 radical (unpaired) electrons. The van der Waals surface area contributed by atoms with Gasteiger partial charge in [0, 0.05) is 18.3 Å². The summed E-state index contributed by atoms with van der Waals surface area (Å²) in [6, 6.07) is 15.2. The van der Waals surface area contributed by atoms with Crippen molar-refractivity contribution in [1.29, 1.82) is 0 Å². The maximum absolute atomic E-state index is 12.4. The molecule has 0 aliphatic carbocycles. The van der Waals surface area contributed by atoms with Gasteiger partial charge in [0.25, 0.3) is 5.91 Å². The smallest absolute Gasteiger partial charge is 0.265 e. The zero-order chi connectivity index (χ0) is 18.9. The van der Waals surface area contributed by atoms with Crippen molar-refractivity contribution in [3.8, 4) is 11.5 Å². The highest BCUT2D eigenvalue weighted by atomic mass is 16.5. The number of methoxy groups -OCH3 is 1. The van der Waals surface area contributed by atoms with E-state index < -0.39 is 6.10 Å². The van der Waals surface area contributed by atoms with Gasteiger partial charge in [-0.1, -0.05) is 32.0 Å². The number of anilines is 1. The average molecular weight is 356 g/mol. The molecular weight excluding hydrogens is 328 g/mol. The molecule has 1 amide bonds. The predicted molar refractivity (Wildman–Crippen MR) is 105 cm³/mol. The van der Waals surface area contributed by atoms with Crippen LogP contribution in [0.2, 0.25) is 0 Å². The molecule has 2 rings (SSSR count). The number of rotatable bonds is 9. The van der Waals surface area contributed by atoms with E-state index >= 15 is 0 Å². The minimum atomic E-state index is -0.613. The van der Waals surface area contributed by atoms with Gasteiger partial charge in [0.05, 0.1) is 7.11 Å². The maximum Gasteiger partial charge on any atom is 0.265 e. The van der Waals surface area contributed by atoms with Crippen molar-refractivity contribution < 1.29 is 14.3 Å². The molecule has 1 atom stereocenters. The maximum atomic E-state index is 12.4. The van der Waals surface area contributed by atoms with Crippen LogP contribution in [-0.4, -0.2) is 37.1 Å². The topological polar surface area (TPSA) is 50.8 Å². The van der Waals surface area contributed by atoms with Crippen LogP contribution in [-0.2, 0) is 11.3 Å². The van der Waals surface area contributed by atoms with E-state index in [0.29, 0.717) is 11.5 Å². The van der Waals surface area contributed by atoms with Crippen LogP contribution >= 0.6 is 0 Å². The molecular formula is C21H28N2O3. The van der Waals surface area contributed by atoms with Crippen LogP contribution in [0.5, 0.6) is 11.5 Å². The second kappa shape index (κ2) is 9.82. The van der Waals surface area contributed by atoms with Gasteiger partial charge in [0.1, 0.15) is 11.5 Å². The fourth-order valence-corrected chi connectivity index (χ4v) is 2.57. The second-order valence-corrected chi connectivity index (χ2v) is 6.09. The summed E-state index contributed by atoms with van der Waals surface area (Å²) >= 11 is 0. The number of carbonyl (C=O) groups is 1. The summed E-state index contributed by atoms with van der Waals surface area (Å²) in [5.41, 5.74) is 1.99. The molecule has 0 spiro atoms. The van der Waals surface area contributed by atoms with Crippen molar-refractivity contribution in [2.24, 2.45) is 0 Å². The highest BCUT2D eigenvalue weighted by molar-refractivity contribution is 5.94. The van der Waals surface area contributed by atoms with Crippen LogP contribution in [0.4, 0.5) is 5.69 Å². The lowest BCUT2D eigenvalue weighted by Crippen LogP contribution is -2.30. The number of nitrogens with zero attached hydrogens (tertiary/aromatic N) is 1. The zero-order valence-corrected chi connectivity index (χ0v) is 16.0. The van der Waals surface area contributed by atoms with Crippen molar-refractivity contribution in [3.05, 3.63) is 54.1 Å². The van der Waals surface area contributed by atoms with Crippen molar-refractivity contribution in [1.82, 2.24) is 4.90 Å². The monoisotopic (exact) mass is 356 g/mol. The normalized spacial score (nSPS) is 11.9. The van der Waals surface area contributed by atoms with E-state index in [1.54, 1.807) is 26.2 Å². The van der Waals surface area contributed by atoms with E-state index in [0.717, 1.165) is 25.3 Å². The number of hydrogen-bond donors (Lipinski definition) is 1. The summed E-state index contributed by atoms with van der Waals surface area (Å²) in [7, 11) is 1.60. The molecule has 1 N–H and O–H groups in total. The summed E-state index contributed by atoms with van der Waals surface area (Å²) in [6.45, 7) is 8.99. The first-order valence-corrected chi connectivity index (χ1v) is 8.98. The summed E-state index contributed by atoms with van der Waals surface area (Å²) in [5, 5.41) is 2.89. The van der Waals surface area contributed by atoms with E-state index in [1.165, 1.54) is 5.56 Å². The van der Waals surface area contributed by atoms with Crippen molar-refractivity contribution in [2.45, 2.75) is 33.4 Å². The Morgan fingerprint density at radius 2 is 1.73 bits per heavy atom. The minimum Gasteiger partial charge on any atom is -0.497 e. The van der Waals surface area contributed by atoms with E-state index in [1.807, 2.05) is 36.4 Å². The van der Waals surface area contributed by atoms with E-state index in [-0.39, 0.29) is 5.91 Å². The van der Waals surface area contributed by atoms with Crippen molar-refractivity contribution in [3.63, 3.8) is 0 Å². The lowest BCUT2D eigenvalue weighted by Gasteiger charge is -2.18. The molecule has 2 aromatic carbocycles. The molecule has 5 nitrogen and oxygen atoms in total. The first-order chi connectivity index (χ1) is 12.5. The Kier molecular flexibility index (Phi) is 7.48. The molecule has 5 heteroatoms. The summed E-state index contributed by atoms with van der Waals surface area (Å²) in [5.74, 6) is 1.10. The number of ether oxygens (including phenoxy) is 2. The first-order valence-electron chi connectivity index (χ1n) is 8.98. The molecule has 0 aromatic heterocycles. The Morgan fingerprint density at radius 1 is 1.08 bits per heavy atom. The summed E-state index contributed by atoms with van der Waals surface area (Å²) in [4.78, 5) is 14.7. The molecule has 0 heterocycles. The van der Waals surface area contributed by atoms with Crippen LogP contribution in [0, 0.1) is 0 Å². The van der Waals surface area contributed by atoms with Gasteiger partial charge in [0.15, 0.2) is 6.10 Å². The molecule has 26 heavy (non-hydrogen) atoms. The van der Waals surface area contributed by atoms with Gasteiger partial charge in [-0.15, -0.1) is 0 Å². The largest absolute Gasteiger partial charge is 0.497 e. The van der Waals surface area contributed by atoms with Gasteiger partial charge in [-0.2, -0.15) is 0 Å². The Morgan fingerprint density at radius 3 is 2.35 bits per heavy atom. The highest BCUT2D eigenvalue weighted by Gasteiger charge is 2.15. The van der Waals surface area contributed by atoms with Gasteiger partial charge in [-0.3, -0.25) is 9.69 Å². The number of carbonyl (C=O) groups excluding carboxylic acids is 1. The van der Waals surface area contributed by atoms with Gasteiger partial charge in [-0.25, -0.2) is 0 Å². The van der Waals surface area contributed by atoms with Crippen molar-refractivity contribution >= 4 is 11.6 Å². The molecule has 0 aliphatic heterocycles. The molecule has 0 fully saturated rings. The van der Waals surface area contributed by atoms with Gasteiger partial charge < -0.3 is 14.8 Å². The fourth-order valence-electron chi connectivity index (χ4n) is 2.57. The second-order valence-electron chi connectivity index (χ2n) is 6.09. The molecule has 0 bridgehead atoms. The van der Waals surface area contributed by atoms with Gasteiger partial charge in [0.2, 0.25) is 0 Å². The minimum absolute atomic E-state index is 0.190. The lowest BCUT2D eigenvalue weighted by molar-refractivity contribution is -0.122. The number of benzene rings is 2. The van der Waals surface area contributed by atoms with E-state index in [4.69, 9.17) is 9.47 Å².